The monoisotopic (exact) mass is 734 g/mol. The van der Waals surface area contributed by atoms with Crippen LogP contribution in [0, 0.1) is 11.6 Å². The summed E-state index contributed by atoms with van der Waals surface area (Å²) in [5.41, 5.74) is 4.47. The Hall–Kier alpha value is -6.54. The number of nitrogens with zero attached hydrogens (tertiary/aromatic N) is 3. The Morgan fingerprint density at radius 3 is 2.25 bits per heavy atom. The fourth-order valence-corrected chi connectivity index (χ4v) is 6.72. The van der Waals surface area contributed by atoms with Crippen molar-refractivity contribution >= 4 is 54.8 Å². The summed E-state index contributed by atoms with van der Waals surface area (Å²) in [5.74, 6) is -0.387. The number of amides is 1. The number of carbonyl (C=O) groups is 1. The Morgan fingerprint density at radius 2 is 1.53 bits per heavy atom. The molecule has 5 aromatic carbocycles. The highest BCUT2D eigenvalue weighted by molar-refractivity contribution is 7.92. The summed E-state index contributed by atoms with van der Waals surface area (Å²) in [5, 5.41) is 3.04. The van der Waals surface area contributed by atoms with Crippen molar-refractivity contribution in [2.75, 3.05) is 31.8 Å². The molecule has 0 spiro atoms. The summed E-state index contributed by atoms with van der Waals surface area (Å²) >= 11 is 0. The van der Waals surface area contributed by atoms with E-state index >= 15 is 0 Å². The molecule has 53 heavy (non-hydrogen) atoms. The normalized spacial score (nSPS) is 11.8. The quantitative estimate of drug-likeness (QED) is 0.163. The third-order valence-electron chi connectivity index (χ3n) is 8.95. The molecule has 0 bridgehead atoms. The van der Waals surface area contributed by atoms with Gasteiger partial charge in [0.2, 0.25) is 21.8 Å². The molecule has 14 heteroatoms. The molecule has 11 nitrogen and oxygen atoms in total. The molecule has 0 fully saturated rings. The zero-order valence-electron chi connectivity index (χ0n) is 28.5. The fraction of sp³-hybridized carbons (Fsp3) is 0.103. The van der Waals surface area contributed by atoms with E-state index in [0.29, 0.717) is 55.6 Å². The number of methoxy groups -OCH3 is 1. The second-order valence-electron chi connectivity index (χ2n) is 12.2. The summed E-state index contributed by atoms with van der Waals surface area (Å²) < 4.78 is 79.0. The Labute approximate surface area is 300 Å². The second kappa shape index (κ2) is 12.6. The Bertz CT molecular complexity index is 2860. The summed E-state index contributed by atoms with van der Waals surface area (Å²) in [4.78, 5) is 22.4. The van der Waals surface area contributed by atoms with E-state index < -0.39 is 27.6 Å². The number of oxazole rings is 2. The topological polar surface area (TPSA) is 141 Å². The van der Waals surface area contributed by atoms with Crippen LogP contribution in [-0.2, 0) is 10.0 Å². The number of aromatic nitrogens is 2. The van der Waals surface area contributed by atoms with Gasteiger partial charge in [-0.25, -0.2) is 27.2 Å². The summed E-state index contributed by atoms with van der Waals surface area (Å²) in [7, 11) is 0.608. The molecule has 0 aliphatic carbocycles. The molecule has 3 heterocycles. The lowest BCUT2D eigenvalue weighted by Gasteiger charge is -2.21. The van der Waals surface area contributed by atoms with E-state index in [9.17, 15) is 22.0 Å². The van der Waals surface area contributed by atoms with E-state index in [1.807, 2.05) is 0 Å². The van der Waals surface area contributed by atoms with Crippen LogP contribution in [0.4, 0.5) is 14.5 Å². The highest BCUT2D eigenvalue weighted by Gasteiger charge is 2.27. The van der Waals surface area contributed by atoms with Crippen LogP contribution in [0.15, 0.2) is 104 Å². The molecular formula is C39H28F2N4O7S. The maximum atomic E-state index is 14.3. The first-order chi connectivity index (χ1) is 25.4. The van der Waals surface area contributed by atoms with Gasteiger partial charge < -0.3 is 23.3 Å². The van der Waals surface area contributed by atoms with Crippen molar-refractivity contribution in [2.24, 2.45) is 0 Å². The van der Waals surface area contributed by atoms with Crippen molar-refractivity contribution in [3.8, 4) is 51.1 Å². The van der Waals surface area contributed by atoms with E-state index in [4.69, 9.17) is 23.0 Å². The van der Waals surface area contributed by atoms with Gasteiger partial charge in [-0.1, -0.05) is 12.1 Å². The zero-order chi connectivity index (χ0) is 37.2. The molecule has 0 saturated heterocycles. The number of ether oxygens (including phenoxy) is 1. The number of furan rings is 1. The largest absolute Gasteiger partial charge is 0.496 e. The van der Waals surface area contributed by atoms with E-state index in [1.54, 1.807) is 60.7 Å². The van der Waals surface area contributed by atoms with Crippen molar-refractivity contribution in [1.82, 2.24) is 15.3 Å². The number of nitrogens with one attached hydrogen (secondary N) is 1. The van der Waals surface area contributed by atoms with Crippen molar-refractivity contribution < 1.29 is 40.0 Å². The SMILES string of the molecule is CNC(=O)c1c(-c2ccc(F)cc2)oc2cc(N(C)S(C)(=O)=O)c(-c3ccc(OC)c(-c4nc5cc(-c6nc7c(F)cccc7o6)ccc5o4)c3)cc12. The van der Waals surface area contributed by atoms with Crippen LogP contribution in [0.25, 0.3) is 78.5 Å². The minimum Gasteiger partial charge on any atom is -0.496 e. The molecule has 8 rings (SSSR count). The Morgan fingerprint density at radius 1 is 0.792 bits per heavy atom. The zero-order valence-corrected chi connectivity index (χ0v) is 29.3. The number of halogens is 2. The molecule has 0 radical (unpaired) electrons. The lowest BCUT2D eigenvalue weighted by Crippen LogP contribution is -2.25. The number of carbonyl (C=O) groups excluding carboxylic acids is 1. The van der Waals surface area contributed by atoms with Gasteiger partial charge in [-0.2, -0.15) is 0 Å². The smallest absolute Gasteiger partial charge is 0.255 e. The maximum Gasteiger partial charge on any atom is 0.255 e. The number of hydrogen-bond donors (Lipinski definition) is 1. The first-order valence-corrected chi connectivity index (χ1v) is 18.0. The fourth-order valence-electron chi connectivity index (χ4n) is 6.21. The predicted octanol–water partition coefficient (Wildman–Crippen LogP) is 8.43. The van der Waals surface area contributed by atoms with Gasteiger partial charge in [0.15, 0.2) is 17.0 Å². The van der Waals surface area contributed by atoms with Gasteiger partial charge in [-0.3, -0.25) is 9.10 Å². The molecule has 8 aromatic rings. The van der Waals surface area contributed by atoms with Crippen LogP contribution >= 0.6 is 0 Å². The molecule has 1 N–H and O–H groups in total. The number of fused-ring (bicyclic) bond motifs is 3. The average Bonchev–Trinajstić information content (AvgIpc) is 3.89. The van der Waals surface area contributed by atoms with Gasteiger partial charge in [0.05, 0.1) is 30.2 Å². The van der Waals surface area contributed by atoms with Crippen molar-refractivity contribution in [1.29, 1.82) is 0 Å². The van der Waals surface area contributed by atoms with Gasteiger partial charge in [-0.15, -0.1) is 0 Å². The van der Waals surface area contributed by atoms with Gasteiger partial charge in [0.25, 0.3) is 5.91 Å². The van der Waals surface area contributed by atoms with E-state index in [0.717, 1.165) is 10.6 Å². The number of anilines is 1. The van der Waals surface area contributed by atoms with Crippen molar-refractivity contribution in [3.05, 3.63) is 108 Å². The van der Waals surface area contributed by atoms with E-state index in [-0.39, 0.29) is 39.9 Å². The van der Waals surface area contributed by atoms with Crippen LogP contribution in [0.2, 0.25) is 0 Å². The van der Waals surface area contributed by atoms with Crippen LogP contribution in [0.3, 0.4) is 0 Å². The van der Waals surface area contributed by atoms with Crippen molar-refractivity contribution in [3.63, 3.8) is 0 Å². The second-order valence-corrected chi connectivity index (χ2v) is 14.2. The molecule has 0 aliphatic rings. The van der Waals surface area contributed by atoms with Crippen molar-refractivity contribution in [2.45, 2.75) is 0 Å². The number of benzene rings is 5. The summed E-state index contributed by atoms with van der Waals surface area (Å²) in [6, 6.07) is 23.6. The molecule has 1 amide bonds. The van der Waals surface area contributed by atoms with Crippen LogP contribution in [0.5, 0.6) is 5.75 Å². The minimum absolute atomic E-state index is 0.119. The summed E-state index contributed by atoms with van der Waals surface area (Å²) in [6.07, 6.45) is 1.08. The predicted molar refractivity (Wildman–Crippen MR) is 196 cm³/mol. The third kappa shape index (κ3) is 5.82. The molecule has 0 saturated carbocycles. The number of sulfonamides is 1. The molecule has 0 unspecified atom stereocenters. The highest BCUT2D eigenvalue weighted by Crippen LogP contribution is 2.44. The van der Waals surface area contributed by atoms with Crippen LogP contribution in [-0.4, -0.2) is 51.8 Å². The lowest BCUT2D eigenvalue weighted by atomic mass is 9.97. The number of hydrogen-bond acceptors (Lipinski definition) is 9. The van der Waals surface area contributed by atoms with Crippen LogP contribution < -0.4 is 14.4 Å². The van der Waals surface area contributed by atoms with Gasteiger partial charge in [-0.05, 0) is 78.4 Å². The van der Waals surface area contributed by atoms with E-state index in [1.165, 1.54) is 51.5 Å². The average molecular weight is 735 g/mol. The number of rotatable bonds is 8. The molecule has 266 valence electrons. The summed E-state index contributed by atoms with van der Waals surface area (Å²) in [6.45, 7) is 0. The Kier molecular flexibility index (Phi) is 7.98. The maximum absolute atomic E-state index is 14.3. The van der Waals surface area contributed by atoms with E-state index in [2.05, 4.69) is 10.3 Å². The van der Waals surface area contributed by atoms with Gasteiger partial charge in [0.1, 0.15) is 33.9 Å². The highest BCUT2D eigenvalue weighted by atomic mass is 32.2. The molecule has 0 aliphatic heterocycles. The van der Waals surface area contributed by atoms with Gasteiger partial charge >= 0.3 is 0 Å². The first-order valence-electron chi connectivity index (χ1n) is 16.1. The van der Waals surface area contributed by atoms with Gasteiger partial charge in [0, 0.05) is 42.2 Å². The minimum atomic E-state index is -3.79. The third-order valence-corrected chi connectivity index (χ3v) is 10.1. The standard InChI is InChI=1S/C39H28F2N4O7S/c1-42-37(46)34-25-18-24(29(45(2)53(4,47)48)19-33(25)50-36(34)20-8-12-23(40)13-9-20)21-10-14-30(49-3)26(16-21)39-43-28-17-22(11-15-31(28)51-39)38-44-35-27(41)6-5-7-32(35)52-38/h5-19H,1-4H3,(H,42,46). The molecular weight excluding hydrogens is 707 g/mol. The Balaban J connectivity index is 1.29. The first kappa shape index (κ1) is 33.6. The lowest BCUT2D eigenvalue weighted by molar-refractivity contribution is 0.0964. The molecule has 0 atom stereocenters. The molecule has 3 aromatic heterocycles. The van der Waals surface area contributed by atoms with Crippen LogP contribution in [0.1, 0.15) is 10.4 Å². The number of para-hydroxylation sites is 1.